The van der Waals surface area contributed by atoms with Gasteiger partial charge in [0, 0.05) is 6.54 Å². The van der Waals surface area contributed by atoms with Crippen LogP contribution < -0.4 is 11.1 Å². The summed E-state index contributed by atoms with van der Waals surface area (Å²) in [7, 11) is 0. The lowest BCUT2D eigenvalue weighted by molar-refractivity contribution is -0.125. The fourth-order valence-corrected chi connectivity index (χ4v) is 1.46. The molecule has 0 aliphatic rings. The summed E-state index contributed by atoms with van der Waals surface area (Å²) in [6, 6.07) is 6.16. The second-order valence-electron chi connectivity index (χ2n) is 4.70. The predicted octanol–water partition coefficient (Wildman–Crippen LogP) is 1.82. The van der Waals surface area contributed by atoms with Crippen LogP contribution in [0.25, 0.3) is 0 Å². The van der Waals surface area contributed by atoms with Gasteiger partial charge in [-0.2, -0.15) is 0 Å². The Hall–Kier alpha value is -1.42. The molecule has 3 N–H and O–H groups in total. The summed E-state index contributed by atoms with van der Waals surface area (Å²) < 4.78 is 12.7. The SMILES string of the molecule is CC(C)C(C)(NCc1ccc(F)cc1)C(N)=O. The summed E-state index contributed by atoms with van der Waals surface area (Å²) in [4.78, 5) is 11.4. The zero-order valence-corrected chi connectivity index (χ0v) is 10.5. The number of hydrogen-bond donors (Lipinski definition) is 2. The van der Waals surface area contributed by atoms with Gasteiger partial charge in [0.2, 0.25) is 5.91 Å². The van der Waals surface area contributed by atoms with Gasteiger partial charge in [-0.25, -0.2) is 4.39 Å². The third-order valence-corrected chi connectivity index (χ3v) is 3.24. The monoisotopic (exact) mass is 238 g/mol. The molecule has 1 aromatic rings. The minimum Gasteiger partial charge on any atom is -0.368 e. The summed E-state index contributed by atoms with van der Waals surface area (Å²) >= 11 is 0. The average Bonchev–Trinajstić information content (AvgIpc) is 2.27. The van der Waals surface area contributed by atoms with Crippen LogP contribution in [0.2, 0.25) is 0 Å². The van der Waals surface area contributed by atoms with E-state index < -0.39 is 5.54 Å². The Kier molecular flexibility index (Phi) is 4.23. The predicted molar refractivity (Wildman–Crippen MR) is 65.7 cm³/mol. The van der Waals surface area contributed by atoms with Gasteiger partial charge in [-0.15, -0.1) is 0 Å². The number of nitrogens with two attached hydrogens (primary N) is 1. The third kappa shape index (κ3) is 3.27. The molecule has 0 radical (unpaired) electrons. The number of amides is 1. The molecule has 0 saturated carbocycles. The van der Waals surface area contributed by atoms with Crippen LogP contribution in [0.5, 0.6) is 0 Å². The molecule has 94 valence electrons. The van der Waals surface area contributed by atoms with Gasteiger partial charge in [-0.05, 0) is 30.5 Å². The molecule has 0 aromatic heterocycles. The molecule has 0 spiro atoms. The highest BCUT2D eigenvalue weighted by molar-refractivity contribution is 5.84. The first-order valence-corrected chi connectivity index (χ1v) is 5.65. The first-order chi connectivity index (χ1) is 7.86. The molecule has 1 unspecified atom stereocenters. The van der Waals surface area contributed by atoms with Gasteiger partial charge in [0.15, 0.2) is 0 Å². The van der Waals surface area contributed by atoms with Crippen LogP contribution in [-0.2, 0) is 11.3 Å². The lowest BCUT2D eigenvalue weighted by atomic mass is 9.87. The molecular formula is C13H19FN2O. The molecule has 1 rings (SSSR count). The standard InChI is InChI=1S/C13H19FN2O/c1-9(2)13(3,12(15)17)16-8-10-4-6-11(14)7-5-10/h4-7,9,16H,8H2,1-3H3,(H2,15,17). The van der Waals surface area contributed by atoms with E-state index in [4.69, 9.17) is 5.73 Å². The maximum Gasteiger partial charge on any atom is 0.237 e. The number of primary amides is 1. The number of nitrogens with one attached hydrogen (secondary N) is 1. The van der Waals surface area contributed by atoms with Gasteiger partial charge in [-0.3, -0.25) is 10.1 Å². The molecule has 3 nitrogen and oxygen atoms in total. The van der Waals surface area contributed by atoms with Crippen LogP contribution in [-0.4, -0.2) is 11.4 Å². The Morgan fingerprint density at radius 3 is 2.35 bits per heavy atom. The Morgan fingerprint density at radius 1 is 1.41 bits per heavy atom. The highest BCUT2D eigenvalue weighted by Gasteiger charge is 2.33. The van der Waals surface area contributed by atoms with Crippen LogP contribution >= 0.6 is 0 Å². The molecule has 17 heavy (non-hydrogen) atoms. The smallest absolute Gasteiger partial charge is 0.237 e. The molecule has 0 aliphatic carbocycles. The van der Waals surface area contributed by atoms with Gasteiger partial charge < -0.3 is 5.73 Å². The van der Waals surface area contributed by atoms with Gasteiger partial charge >= 0.3 is 0 Å². The molecule has 0 heterocycles. The Balaban J connectivity index is 2.71. The second kappa shape index (κ2) is 5.27. The number of halogens is 1. The van der Waals surface area contributed by atoms with Gasteiger partial charge in [-0.1, -0.05) is 26.0 Å². The van der Waals surface area contributed by atoms with Crippen molar-refractivity contribution in [3.8, 4) is 0 Å². The van der Waals surface area contributed by atoms with Crippen molar-refractivity contribution in [2.24, 2.45) is 11.7 Å². The van der Waals surface area contributed by atoms with Crippen molar-refractivity contribution in [2.75, 3.05) is 0 Å². The average molecular weight is 238 g/mol. The number of carbonyl (C=O) groups is 1. The first-order valence-electron chi connectivity index (χ1n) is 5.65. The van der Waals surface area contributed by atoms with E-state index in [1.165, 1.54) is 12.1 Å². The molecule has 1 aromatic carbocycles. The number of carbonyl (C=O) groups excluding carboxylic acids is 1. The van der Waals surface area contributed by atoms with Crippen molar-refractivity contribution >= 4 is 5.91 Å². The molecule has 1 atom stereocenters. The van der Waals surface area contributed by atoms with E-state index in [1.807, 2.05) is 13.8 Å². The maximum absolute atomic E-state index is 12.7. The van der Waals surface area contributed by atoms with Gasteiger partial charge in [0.25, 0.3) is 0 Å². The second-order valence-corrected chi connectivity index (χ2v) is 4.70. The van der Waals surface area contributed by atoms with Gasteiger partial charge in [0.05, 0.1) is 5.54 Å². The van der Waals surface area contributed by atoms with E-state index in [2.05, 4.69) is 5.32 Å². The molecule has 0 saturated heterocycles. The Bertz CT molecular complexity index is 389. The van der Waals surface area contributed by atoms with Crippen LogP contribution in [0.4, 0.5) is 4.39 Å². The number of hydrogen-bond acceptors (Lipinski definition) is 2. The largest absolute Gasteiger partial charge is 0.368 e. The van der Waals surface area contributed by atoms with Crippen molar-refractivity contribution < 1.29 is 9.18 Å². The Morgan fingerprint density at radius 2 is 1.94 bits per heavy atom. The van der Waals surface area contributed by atoms with Crippen molar-refractivity contribution in [2.45, 2.75) is 32.9 Å². The molecule has 4 heteroatoms. The highest BCUT2D eigenvalue weighted by atomic mass is 19.1. The fourth-order valence-electron chi connectivity index (χ4n) is 1.46. The van der Waals surface area contributed by atoms with Gasteiger partial charge in [0.1, 0.15) is 5.82 Å². The van der Waals surface area contributed by atoms with Crippen LogP contribution in [0.3, 0.4) is 0 Å². The summed E-state index contributed by atoms with van der Waals surface area (Å²) in [5, 5.41) is 3.13. The van der Waals surface area contributed by atoms with E-state index in [1.54, 1.807) is 19.1 Å². The zero-order chi connectivity index (χ0) is 13.1. The molecule has 1 amide bonds. The maximum atomic E-state index is 12.7. The highest BCUT2D eigenvalue weighted by Crippen LogP contribution is 2.16. The van der Waals surface area contributed by atoms with E-state index in [0.717, 1.165) is 5.56 Å². The number of benzene rings is 1. The van der Waals surface area contributed by atoms with E-state index in [9.17, 15) is 9.18 Å². The van der Waals surface area contributed by atoms with Crippen molar-refractivity contribution in [3.63, 3.8) is 0 Å². The minimum absolute atomic E-state index is 0.0837. The lowest BCUT2D eigenvalue weighted by Gasteiger charge is -2.31. The first kappa shape index (κ1) is 13.6. The lowest BCUT2D eigenvalue weighted by Crippen LogP contribution is -2.56. The molecular weight excluding hydrogens is 219 g/mol. The zero-order valence-electron chi connectivity index (χ0n) is 10.5. The van der Waals surface area contributed by atoms with Crippen molar-refractivity contribution in [1.29, 1.82) is 0 Å². The van der Waals surface area contributed by atoms with Crippen LogP contribution in [0.1, 0.15) is 26.3 Å². The summed E-state index contributed by atoms with van der Waals surface area (Å²) in [5.74, 6) is -0.565. The third-order valence-electron chi connectivity index (χ3n) is 3.24. The van der Waals surface area contributed by atoms with Crippen molar-refractivity contribution in [1.82, 2.24) is 5.32 Å². The summed E-state index contributed by atoms with van der Waals surface area (Å²) in [5.41, 5.74) is 5.56. The molecule has 0 bridgehead atoms. The number of rotatable bonds is 5. The molecule has 0 fully saturated rings. The normalized spacial score (nSPS) is 14.6. The topological polar surface area (TPSA) is 55.1 Å². The van der Waals surface area contributed by atoms with E-state index >= 15 is 0 Å². The fraction of sp³-hybridized carbons (Fsp3) is 0.462. The van der Waals surface area contributed by atoms with E-state index in [-0.39, 0.29) is 17.6 Å². The van der Waals surface area contributed by atoms with Crippen LogP contribution in [0.15, 0.2) is 24.3 Å². The summed E-state index contributed by atoms with van der Waals surface area (Å²) in [6.45, 7) is 6.13. The summed E-state index contributed by atoms with van der Waals surface area (Å²) in [6.07, 6.45) is 0. The molecule has 0 aliphatic heterocycles. The van der Waals surface area contributed by atoms with E-state index in [0.29, 0.717) is 6.54 Å². The van der Waals surface area contributed by atoms with Crippen molar-refractivity contribution in [3.05, 3.63) is 35.6 Å². The van der Waals surface area contributed by atoms with Crippen LogP contribution in [0, 0.1) is 11.7 Å². The quantitative estimate of drug-likeness (QED) is 0.822. The Labute approximate surface area is 101 Å². The minimum atomic E-state index is -0.756.